The lowest BCUT2D eigenvalue weighted by Gasteiger charge is -2.29. The Hall–Kier alpha value is -2.04. The molecule has 0 saturated heterocycles. The number of rotatable bonds is 6. The Bertz CT molecular complexity index is 725. The predicted molar refractivity (Wildman–Crippen MR) is 94.7 cm³/mol. The monoisotopic (exact) mass is 363 g/mol. The summed E-state index contributed by atoms with van der Waals surface area (Å²) in [5.41, 5.74) is 1.50. The van der Waals surface area contributed by atoms with E-state index in [1.165, 1.54) is 5.56 Å². The maximum atomic E-state index is 13.6. The molecule has 0 N–H and O–H groups in total. The third-order valence-electron chi connectivity index (χ3n) is 5.29. The van der Waals surface area contributed by atoms with E-state index in [4.69, 9.17) is 4.74 Å². The van der Waals surface area contributed by atoms with E-state index in [9.17, 15) is 13.2 Å². The van der Waals surface area contributed by atoms with Gasteiger partial charge in [-0.3, -0.25) is 0 Å². The van der Waals surface area contributed by atoms with Crippen molar-refractivity contribution in [2.24, 2.45) is 5.92 Å². The van der Waals surface area contributed by atoms with Gasteiger partial charge >= 0.3 is 0 Å². The van der Waals surface area contributed by atoms with Gasteiger partial charge in [-0.2, -0.15) is 13.8 Å². The summed E-state index contributed by atoms with van der Waals surface area (Å²) in [7, 11) is 0. The van der Waals surface area contributed by atoms with Gasteiger partial charge in [0.15, 0.2) is 5.82 Å². The van der Waals surface area contributed by atoms with Crippen LogP contribution in [0.25, 0.3) is 0 Å². The van der Waals surface area contributed by atoms with Crippen LogP contribution in [0.5, 0.6) is 5.75 Å². The summed E-state index contributed by atoms with van der Waals surface area (Å²) in [5, 5.41) is 0. The van der Waals surface area contributed by atoms with Crippen LogP contribution in [0.15, 0.2) is 30.3 Å². The molecule has 2 aromatic rings. The van der Waals surface area contributed by atoms with E-state index >= 15 is 0 Å². The Kier molecular flexibility index (Phi) is 6.17. The van der Waals surface area contributed by atoms with Crippen molar-refractivity contribution >= 4 is 0 Å². The molecule has 0 radical (unpaired) electrons. The van der Waals surface area contributed by atoms with Crippen LogP contribution in [-0.4, -0.2) is 11.6 Å². The van der Waals surface area contributed by atoms with E-state index in [0.717, 1.165) is 43.9 Å². The van der Waals surface area contributed by atoms with Gasteiger partial charge in [0.25, 0.3) is 5.95 Å². The number of ether oxygens (including phenoxy) is 1. The first kappa shape index (κ1) is 18.7. The summed E-state index contributed by atoms with van der Waals surface area (Å²) in [6.45, 7) is 2.63. The standard InChI is InChI=1S/C21H24F3NO/c1-2-26-18-11-9-16(10-12-18)15-6-3-14(4-7-15)5-8-17-13-19(22)21(24)25-20(17)23/h9-15H,2-8H2,1H3. The molecular formula is C21H24F3NO. The minimum absolute atomic E-state index is 0.164. The molecule has 1 fully saturated rings. The van der Waals surface area contributed by atoms with Crippen molar-refractivity contribution in [1.82, 2.24) is 4.98 Å². The first-order valence-corrected chi connectivity index (χ1v) is 9.30. The maximum Gasteiger partial charge on any atom is 0.251 e. The molecule has 1 heterocycles. The number of hydrogen-bond acceptors (Lipinski definition) is 2. The SMILES string of the molecule is CCOc1ccc(C2CCC(CCc3cc(F)c(F)nc3F)CC2)cc1. The Morgan fingerprint density at radius 3 is 2.35 bits per heavy atom. The largest absolute Gasteiger partial charge is 0.494 e. The predicted octanol–water partition coefficient (Wildman–Crippen LogP) is 5.80. The van der Waals surface area contributed by atoms with Crippen LogP contribution < -0.4 is 4.74 Å². The summed E-state index contributed by atoms with van der Waals surface area (Å²) in [6.07, 6.45) is 5.50. The van der Waals surface area contributed by atoms with Crippen molar-refractivity contribution in [2.45, 2.75) is 51.4 Å². The molecule has 1 aromatic carbocycles. The molecule has 1 aliphatic rings. The smallest absolute Gasteiger partial charge is 0.251 e. The summed E-state index contributed by atoms with van der Waals surface area (Å²) >= 11 is 0. The lowest BCUT2D eigenvalue weighted by Crippen LogP contribution is -2.14. The van der Waals surface area contributed by atoms with E-state index in [2.05, 4.69) is 17.1 Å². The second kappa shape index (κ2) is 8.56. The molecular weight excluding hydrogens is 339 g/mol. The average Bonchev–Trinajstić information content (AvgIpc) is 2.65. The number of hydrogen-bond donors (Lipinski definition) is 0. The second-order valence-electron chi connectivity index (χ2n) is 6.97. The zero-order chi connectivity index (χ0) is 18.5. The lowest BCUT2D eigenvalue weighted by molar-refractivity contribution is 0.308. The van der Waals surface area contributed by atoms with Crippen molar-refractivity contribution in [2.75, 3.05) is 6.61 Å². The molecule has 1 aliphatic carbocycles. The van der Waals surface area contributed by atoms with Crippen LogP contribution in [0.3, 0.4) is 0 Å². The Balaban J connectivity index is 1.50. The van der Waals surface area contributed by atoms with Gasteiger partial charge in [-0.15, -0.1) is 0 Å². The van der Waals surface area contributed by atoms with Crippen molar-refractivity contribution in [3.63, 3.8) is 0 Å². The van der Waals surface area contributed by atoms with Crippen LogP contribution in [0, 0.1) is 23.6 Å². The van der Waals surface area contributed by atoms with Gasteiger partial charge in [-0.25, -0.2) is 4.39 Å². The molecule has 0 spiro atoms. The fourth-order valence-electron chi connectivity index (χ4n) is 3.81. The number of pyridine rings is 1. The van der Waals surface area contributed by atoms with Crippen molar-refractivity contribution < 1.29 is 17.9 Å². The first-order chi connectivity index (χ1) is 12.6. The Labute approximate surface area is 152 Å². The van der Waals surface area contributed by atoms with Crippen molar-refractivity contribution in [3.05, 3.63) is 59.2 Å². The van der Waals surface area contributed by atoms with Gasteiger partial charge in [0.2, 0.25) is 5.95 Å². The third kappa shape index (κ3) is 4.57. The summed E-state index contributed by atoms with van der Waals surface area (Å²) in [4.78, 5) is 2.99. The molecule has 26 heavy (non-hydrogen) atoms. The molecule has 2 nitrogen and oxygen atoms in total. The molecule has 140 valence electrons. The zero-order valence-corrected chi connectivity index (χ0v) is 15.0. The Morgan fingerprint density at radius 1 is 1.00 bits per heavy atom. The molecule has 0 unspecified atom stereocenters. The molecule has 1 aromatic heterocycles. The zero-order valence-electron chi connectivity index (χ0n) is 15.0. The molecule has 0 atom stereocenters. The molecule has 1 saturated carbocycles. The topological polar surface area (TPSA) is 22.1 Å². The van der Waals surface area contributed by atoms with Gasteiger partial charge in [-0.05, 0) is 81.0 Å². The molecule has 0 amide bonds. The summed E-state index contributed by atoms with van der Waals surface area (Å²) < 4.78 is 45.2. The highest BCUT2D eigenvalue weighted by molar-refractivity contribution is 5.29. The van der Waals surface area contributed by atoms with Crippen molar-refractivity contribution in [1.29, 1.82) is 0 Å². The molecule has 0 aliphatic heterocycles. The summed E-state index contributed by atoms with van der Waals surface area (Å²) in [5.74, 6) is -1.42. The fourth-order valence-corrected chi connectivity index (χ4v) is 3.81. The molecule has 0 bridgehead atoms. The number of nitrogens with zero attached hydrogens (tertiary/aromatic N) is 1. The minimum atomic E-state index is -1.37. The fraction of sp³-hybridized carbons (Fsp3) is 0.476. The summed E-state index contributed by atoms with van der Waals surface area (Å²) in [6, 6.07) is 9.24. The van der Waals surface area contributed by atoms with Crippen LogP contribution in [-0.2, 0) is 6.42 Å². The average molecular weight is 363 g/mol. The highest BCUT2D eigenvalue weighted by Gasteiger charge is 2.23. The second-order valence-corrected chi connectivity index (χ2v) is 6.97. The van der Waals surface area contributed by atoms with Crippen LogP contribution in [0.4, 0.5) is 13.2 Å². The lowest BCUT2D eigenvalue weighted by atomic mass is 9.77. The van der Waals surface area contributed by atoms with Gasteiger partial charge in [0.1, 0.15) is 5.75 Å². The molecule has 3 rings (SSSR count). The Morgan fingerprint density at radius 2 is 1.69 bits per heavy atom. The van der Waals surface area contributed by atoms with Crippen LogP contribution in [0.1, 0.15) is 56.1 Å². The highest BCUT2D eigenvalue weighted by Crippen LogP contribution is 2.38. The number of aryl methyl sites for hydroxylation is 1. The first-order valence-electron chi connectivity index (χ1n) is 9.30. The van der Waals surface area contributed by atoms with Gasteiger partial charge in [0, 0.05) is 5.56 Å². The van der Waals surface area contributed by atoms with E-state index in [1.807, 2.05) is 19.1 Å². The van der Waals surface area contributed by atoms with Gasteiger partial charge in [-0.1, -0.05) is 12.1 Å². The van der Waals surface area contributed by atoms with Gasteiger partial charge in [0.05, 0.1) is 6.61 Å². The number of benzene rings is 1. The quantitative estimate of drug-likeness (QED) is 0.605. The third-order valence-corrected chi connectivity index (χ3v) is 5.29. The van der Waals surface area contributed by atoms with Crippen LogP contribution in [0.2, 0.25) is 0 Å². The number of halogens is 3. The van der Waals surface area contributed by atoms with Crippen LogP contribution >= 0.6 is 0 Å². The van der Waals surface area contributed by atoms with Gasteiger partial charge < -0.3 is 4.74 Å². The van der Waals surface area contributed by atoms with E-state index in [1.54, 1.807) is 0 Å². The minimum Gasteiger partial charge on any atom is -0.494 e. The normalized spacial score (nSPS) is 20.2. The van der Waals surface area contributed by atoms with Crippen molar-refractivity contribution in [3.8, 4) is 5.75 Å². The highest BCUT2D eigenvalue weighted by atomic mass is 19.2. The number of aromatic nitrogens is 1. The molecule has 5 heteroatoms. The van der Waals surface area contributed by atoms with E-state index in [-0.39, 0.29) is 5.56 Å². The van der Waals surface area contributed by atoms with E-state index in [0.29, 0.717) is 24.9 Å². The maximum absolute atomic E-state index is 13.6. The van der Waals surface area contributed by atoms with E-state index < -0.39 is 17.7 Å².